The Morgan fingerprint density at radius 2 is 2.33 bits per heavy atom. The lowest BCUT2D eigenvalue weighted by atomic mass is 10.3. The first-order chi connectivity index (χ1) is 7.19. The van der Waals surface area contributed by atoms with E-state index < -0.39 is 6.09 Å². The first-order valence-corrected chi connectivity index (χ1v) is 5.23. The molecule has 1 aromatic carbocycles. The van der Waals surface area contributed by atoms with Crippen LogP contribution >= 0.6 is 11.3 Å². The highest BCUT2D eigenvalue weighted by Crippen LogP contribution is 2.24. The SMILES string of the molecule is COC(=O)Nc1ccc2nc(C)sc2c1. The normalized spacial score (nSPS) is 10.3. The number of nitrogens with zero attached hydrogens (tertiary/aromatic N) is 1. The fourth-order valence-electron chi connectivity index (χ4n) is 1.29. The molecule has 0 atom stereocenters. The van der Waals surface area contributed by atoms with Gasteiger partial charge < -0.3 is 4.74 Å². The molecule has 2 rings (SSSR count). The molecule has 0 unspecified atom stereocenters. The van der Waals surface area contributed by atoms with Crippen molar-refractivity contribution in [1.82, 2.24) is 4.98 Å². The number of methoxy groups -OCH3 is 1. The number of aromatic nitrogens is 1. The van der Waals surface area contributed by atoms with Crippen LogP contribution in [0.15, 0.2) is 18.2 Å². The Balaban J connectivity index is 2.33. The zero-order valence-electron chi connectivity index (χ0n) is 8.40. The van der Waals surface area contributed by atoms with Crippen LogP contribution in [0.5, 0.6) is 0 Å². The number of rotatable bonds is 1. The first kappa shape index (κ1) is 9.92. The minimum Gasteiger partial charge on any atom is -0.453 e. The van der Waals surface area contributed by atoms with Gasteiger partial charge in [0.15, 0.2) is 0 Å². The van der Waals surface area contributed by atoms with Crippen LogP contribution in [0.2, 0.25) is 0 Å². The molecule has 0 radical (unpaired) electrons. The Morgan fingerprint density at radius 1 is 1.53 bits per heavy atom. The molecule has 4 nitrogen and oxygen atoms in total. The van der Waals surface area contributed by atoms with Gasteiger partial charge in [-0.15, -0.1) is 11.3 Å². The second kappa shape index (κ2) is 3.86. The van der Waals surface area contributed by atoms with E-state index in [4.69, 9.17) is 0 Å². The van der Waals surface area contributed by atoms with Crippen LogP contribution in [-0.4, -0.2) is 18.2 Å². The third-order valence-corrected chi connectivity index (χ3v) is 2.86. The van der Waals surface area contributed by atoms with Crippen molar-refractivity contribution in [3.8, 4) is 0 Å². The van der Waals surface area contributed by atoms with Crippen molar-refractivity contribution >= 4 is 33.3 Å². The lowest BCUT2D eigenvalue weighted by Crippen LogP contribution is -2.10. The number of carbonyl (C=O) groups is 1. The summed E-state index contributed by atoms with van der Waals surface area (Å²) in [4.78, 5) is 15.3. The molecule has 0 aliphatic rings. The second-order valence-corrected chi connectivity index (χ2v) is 4.27. The lowest BCUT2D eigenvalue weighted by molar-refractivity contribution is 0.187. The molecule has 0 saturated heterocycles. The highest BCUT2D eigenvalue weighted by molar-refractivity contribution is 7.18. The number of thiazole rings is 1. The molecular weight excluding hydrogens is 212 g/mol. The average molecular weight is 222 g/mol. The van der Waals surface area contributed by atoms with Crippen molar-refractivity contribution in [2.75, 3.05) is 12.4 Å². The van der Waals surface area contributed by atoms with Crippen molar-refractivity contribution in [3.05, 3.63) is 23.2 Å². The van der Waals surface area contributed by atoms with E-state index >= 15 is 0 Å². The van der Waals surface area contributed by atoms with Gasteiger partial charge in [0.05, 0.1) is 22.3 Å². The molecule has 0 spiro atoms. The predicted molar refractivity (Wildman–Crippen MR) is 60.4 cm³/mol. The zero-order chi connectivity index (χ0) is 10.8. The van der Waals surface area contributed by atoms with E-state index in [-0.39, 0.29) is 0 Å². The zero-order valence-corrected chi connectivity index (χ0v) is 9.22. The maximum absolute atomic E-state index is 11.0. The number of hydrogen-bond acceptors (Lipinski definition) is 4. The van der Waals surface area contributed by atoms with Crippen LogP contribution in [0, 0.1) is 6.92 Å². The fraction of sp³-hybridized carbons (Fsp3) is 0.200. The summed E-state index contributed by atoms with van der Waals surface area (Å²) >= 11 is 1.60. The average Bonchev–Trinajstić information content (AvgIpc) is 2.57. The minimum atomic E-state index is -0.462. The molecule has 1 heterocycles. The van der Waals surface area contributed by atoms with Crippen molar-refractivity contribution in [3.63, 3.8) is 0 Å². The summed E-state index contributed by atoms with van der Waals surface area (Å²) < 4.78 is 5.57. The largest absolute Gasteiger partial charge is 0.453 e. The van der Waals surface area contributed by atoms with Gasteiger partial charge >= 0.3 is 6.09 Å². The summed E-state index contributed by atoms with van der Waals surface area (Å²) in [5.41, 5.74) is 1.67. The molecule has 1 amide bonds. The summed E-state index contributed by atoms with van der Waals surface area (Å²) in [5, 5.41) is 3.62. The monoisotopic (exact) mass is 222 g/mol. The Hall–Kier alpha value is -1.62. The predicted octanol–water partition coefficient (Wildman–Crippen LogP) is 2.78. The highest BCUT2D eigenvalue weighted by Gasteiger charge is 2.04. The van der Waals surface area contributed by atoms with Crippen LogP contribution in [0.4, 0.5) is 10.5 Å². The van der Waals surface area contributed by atoms with E-state index in [1.54, 1.807) is 17.4 Å². The van der Waals surface area contributed by atoms with Crippen molar-refractivity contribution in [1.29, 1.82) is 0 Å². The third kappa shape index (κ3) is 2.07. The number of fused-ring (bicyclic) bond motifs is 1. The number of benzene rings is 1. The molecule has 5 heteroatoms. The number of anilines is 1. The van der Waals surface area contributed by atoms with Gasteiger partial charge in [-0.05, 0) is 25.1 Å². The van der Waals surface area contributed by atoms with E-state index in [2.05, 4.69) is 15.0 Å². The van der Waals surface area contributed by atoms with E-state index in [1.807, 2.05) is 19.1 Å². The third-order valence-electron chi connectivity index (χ3n) is 1.93. The van der Waals surface area contributed by atoms with Crippen LogP contribution in [0.25, 0.3) is 10.2 Å². The summed E-state index contributed by atoms with van der Waals surface area (Å²) in [6.45, 7) is 1.96. The van der Waals surface area contributed by atoms with Crippen LogP contribution in [-0.2, 0) is 4.74 Å². The molecule has 0 fully saturated rings. The summed E-state index contributed by atoms with van der Waals surface area (Å²) in [6.07, 6.45) is -0.462. The molecule has 0 aliphatic carbocycles. The molecular formula is C10H10N2O2S. The smallest absolute Gasteiger partial charge is 0.411 e. The van der Waals surface area contributed by atoms with E-state index in [0.717, 1.165) is 20.9 Å². The number of ether oxygens (including phenoxy) is 1. The van der Waals surface area contributed by atoms with Gasteiger partial charge in [0.1, 0.15) is 0 Å². The first-order valence-electron chi connectivity index (χ1n) is 4.41. The van der Waals surface area contributed by atoms with Gasteiger partial charge in [0, 0.05) is 5.69 Å². The van der Waals surface area contributed by atoms with Gasteiger partial charge in [-0.1, -0.05) is 0 Å². The van der Waals surface area contributed by atoms with Gasteiger partial charge in [-0.2, -0.15) is 0 Å². The quantitative estimate of drug-likeness (QED) is 0.807. The standard InChI is InChI=1S/C10H10N2O2S/c1-6-11-8-4-3-7(5-9(8)15-6)12-10(13)14-2/h3-5H,1-2H3,(H,12,13). The Morgan fingerprint density at radius 3 is 3.07 bits per heavy atom. The fourth-order valence-corrected chi connectivity index (χ4v) is 2.15. The molecule has 1 aromatic heterocycles. The van der Waals surface area contributed by atoms with Gasteiger partial charge in [0.2, 0.25) is 0 Å². The Labute approximate surface area is 90.9 Å². The molecule has 0 aliphatic heterocycles. The number of amides is 1. The summed E-state index contributed by atoms with van der Waals surface area (Å²) in [7, 11) is 1.34. The van der Waals surface area contributed by atoms with Gasteiger partial charge in [0.25, 0.3) is 0 Å². The number of nitrogens with one attached hydrogen (secondary N) is 1. The molecule has 1 N–H and O–H groups in total. The van der Waals surface area contributed by atoms with Crippen molar-refractivity contribution in [2.24, 2.45) is 0 Å². The minimum absolute atomic E-state index is 0.462. The topological polar surface area (TPSA) is 51.2 Å². The van der Waals surface area contributed by atoms with Crippen molar-refractivity contribution < 1.29 is 9.53 Å². The van der Waals surface area contributed by atoms with Crippen LogP contribution in [0.3, 0.4) is 0 Å². The van der Waals surface area contributed by atoms with Crippen LogP contribution < -0.4 is 5.32 Å². The summed E-state index contributed by atoms with van der Waals surface area (Å²) in [5.74, 6) is 0. The molecule has 78 valence electrons. The van der Waals surface area contributed by atoms with Crippen LogP contribution in [0.1, 0.15) is 5.01 Å². The van der Waals surface area contributed by atoms with E-state index in [9.17, 15) is 4.79 Å². The van der Waals surface area contributed by atoms with E-state index in [0.29, 0.717) is 0 Å². The number of hydrogen-bond donors (Lipinski definition) is 1. The maximum atomic E-state index is 11.0. The molecule has 2 aromatic rings. The number of carbonyl (C=O) groups excluding carboxylic acids is 1. The van der Waals surface area contributed by atoms with Gasteiger partial charge in [-0.3, -0.25) is 5.32 Å². The lowest BCUT2D eigenvalue weighted by Gasteiger charge is -2.02. The molecule has 0 saturated carbocycles. The van der Waals surface area contributed by atoms with E-state index in [1.165, 1.54) is 7.11 Å². The van der Waals surface area contributed by atoms with Crippen molar-refractivity contribution in [2.45, 2.75) is 6.92 Å². The molecule has 15 heavy (non-hydrogen) atoms. The van der Waals surface area contributed by atoms with Gasteiger partial charge in [-0.25, -0.2) is 9.78 Å². The highest BCUT2D eigenvalue weighted by atomic mass is 32.1. The molecule has 0 bridgehead atoms. The summed E-state index contributed by atoms with van der Waals surface area (Å²) in [6, 6.07) is 5.57. The second-order valence-electron chi connectivity index (χ2n) is 3.03. The number of aryl methyl sites for hydroxylation is 1. The Kier molecular flexibility index (Phi) is 2.55. The Bertz CT molecular complexity index is 507. The maximum Gasteiger partial charge on any atom is 0.411 e.